The lowest BCUT2D eigenvalue weighted by atomic mass is 10.1. The SMILES string of the molecule is CCCn1c2c(c(=O)n(C)c1=O)C(=O)/C(=C\c1c(C)nc3sc(C)cn13)N2. The summed E-state index contributed by atoms with van der Waals surface area (Å²) in [6, 6.07) is 0. The second-order valence-corrected chi connectivity index (χ2v) is 7.82. The van der Waals surface area contributed by atoms with E-state index >= 15 is 0 Å². The lowest BCUT2D eigenvalue weighted by Crippen LogP contribution is -2.40. The molecule has 1 N–H and O–H groups in total. The highest BCUT2D eigenvalue weighted by Gasteiger charge is 2.32. The molecule has 27 heavy (non-hydrogen) atoms. The molecule has 140 valence electrons. The highest BCUT2D eigenvalue weighted by atomic mass is 32.1. The lowest BCUT2D eigenvalue weighted by Gasteiger charge is -2.11. The third-order valence-electron chi connectivity index (χ3n) is 4.66. The average molecular weight is 385 g/mol. The second-order valence-electron chi connectivity index (χ2n) is 6.61. The maximum atomic E-state index is 12.9. The Bertz CT molecular complexity index is 1250. The summed E-state index contributed by atoms with van der Waals surface area (Å²) in [7, 11) is 1.39. The summed E-state index contributed by atoms with van der Waals surface area (Å²) in [4.78, 5) is 44.4. The van der Waals surface area contributed by atoms with Crippen LogP contribution in [0.4, 0.5) is 5.82 Å². The summed E-state index contributed by atoms with van der Waals surface area (Å²) in [5.41, 5.74) is 0.837. The van der Waals surface area contributed by atoms with Crippen LogP contribution < -0.4 is 16.6 Å². The number of thiazole rings is 1. The number of carbonyl (C=O) groups excluding carboxylic acids is 1. The van der Waals surface area contributed by atoms with Crippen molar-refractivity contribution in [1.82, 2.24) is 18.5 Å². The van der Waals surface area contributed by atoms with E-state index < -0.39 is 17.0 Å². The number of Topliss-reactive ketones (excluding diaryl/α,β-unsaturated/α-hetero) is 1. The standard InChI is InChI=1S/C18H19N5O3S/c1-5-6-22-15-13(16(25)21(4)18(22)26)14(24)11(20-15)7-12-10(3)19-17-23(12)8-9(2)27-17/h7-8,20H,5-6H2,1-4H3/b11-7+. The minimum absolute atomic E-state index is 0.0108. The summed E-state index contributed by atoms with van der Waals surface area (Å²) in [6.45, 7) is 6.22. The Hall–Kier alpha value is -2.94. The van der Waals surface area contributed by atoms with Gasteiger partial charge in [0.1, 0.15) is 11.4 Å². The van der Waals surface area contributed by atoms with Crippen LogP contribution in [0.25, 0.3) is 11.0 Å². The minimum atomic E-state index is -0.579. The molecule has 0 atom stereocenters. The molecule has 0 aliphatic carbocycles. The molecule has 0 unspecified atom stereocenters. The van der Waals surface area contributed by atoms with Gasteiger partial charge in [0.2, 0.25) is 5.78 Å². The normalized spacial score (nSPS) is 15.0. The van der Waals surface area contributed by atoms with Gasteiger partial charge in [0.05, 0.1) is 17.1 Å². The van der Waals surface area contributed by atoms with Crippen molar-refractivity contribution in [2.45, 2.75) is 33.7 Å². The molecular formula is C18H19N5O3S. The van der Waals surface area contributed by atoms with E-state index in [0.717, 1.165) is 25.8 Å². The van der Waals surface area contributed by atoms with E-state index in [1.807, 2.05) is 31.4 Å². The van der Waals surface area contributed by atoms with Crippen molar-refractivity contribution in [3.63, 3.8) is 0 Å². The van der Waals surface area contributed by atoms with Crippen molar-refractivity contribution in [3.8, 4) is 0 Å². The zero-order valence-electron chi connectivity index (χ0n) is 15.5. The molecule has 3 aromatic rings. The number of anilines is 1. The molecule has 0 bridgehead atoms. The minimum Gasteiger partial charge on any atom is -0.337 e. The third-order valence-corrected chi connectivity index (χ3v) is 5.56. The van der Waals surface area contributed by atoms with Gasteiger partial charge in [0.25, 0.3) is 5.56 Å². The van der Waals surface area contributed by atoms with Gasteiger partial charge in [-0.15, -0.1) is 11.3 Å². The van der Waals surface area contributed by atoms with Gasteiger partial charge in [0.15, 0.2) is 4.96 Å². The molecule has 0 saturated heterocycles. The van der Waals surface area contributed by atoms with Gasteiger partial charge in [-0.05, 0) is 26.3 Å². The maximum Gasteiger partial charge on any atom is 0.332 e. The fourth-order valence-corrected chi connectivity index (χ4v) is 4.22. The molecule has 1 aliphatic rings. The zero-order chi connectivity index (χ0) is 19.5. The Morgan fingerprint density at radius 2 is 2.00 bits per heavy atom. The van der Waals surface area contributed by atoms with E-state index in [-0.39, 0.29) is 17.1 Å². The van der Waals surface area contributed by atoms with E-state index in [1.165, 1.54) is 11.6 Å². The van der Waals surface area contributed by atoms with Crippen LogP contribution in [0.5, 0.6) is 0 Å². The highest BCUT2D eigenvalue weighted by Crippen LogP contribution is 2.28. The first-order valence-electron chi connectivity index (χ1n) is 8.65. The molecule has 0 aromatic carbocycles. The first kappa shape index (κ1) is 17.5. The number of carbonyl (C=O) groups is 1. The summed E-state index contributed by atoms with van der Waals surface area (Å²) in [6.07, 6.45) is 4.37. The van der Waals surface area contributed by atoms with Crippen LogP contribution in [0.3, 0.4) is 0 Å². The number of aromatic nitrogens is 4. The van der Waals surface area contributed by atoms with Crippen molar-refractivity contribution in [2.24, 2.45) is 7.05 Å². The van der Waals surface area contributed by atoms with E-state index in [0.29, 0.717) is 13.0 Å². The van der Waals surface area contributed by atoms with Gasteiger partial charge in [-0.1, -0.05) is 6.92 Å². The van der Waals surface area contributed by atoms with Crippen LogP contribution in [0.2, 0.25) is 0 Å². The smallest absolute Gasteiger partial charge is 0.332 e. The van der Waals surface area contributed by atoms with Crippen molar-refractivity contribution >= 4 is 34.0 Å². The number of allylic oxidation sites excluding steroid dienone is 1. The Kier molecular flexibility index (Phi) is 3.92. The number of nitrogens with zero attached hydrogens (tertiary/aromatic N) is 4. The van der Waals surface area contributed by atoms with Crippen molar-refractivity contribution in [3.05, 3.63) is 54.6 Å². The fraction of sp³-hybridized carbons (Fsp3) is 0.333. The Balaban J connectivity index is 1.91. The number of aryl methyl sites for hydroxylation is 2. The molecule has 0 spiro atoms. The monoisotopic (exact) mass is 385 g/mol. The number of rotatable bonds is 3. The number of fused-ring (bicyclic) bond motifs is 2. The van der Waals surface area contributed by atoms with E-state index in [1.54, 1.807) is 17.4 Å². The average Bonchev–Trinajstić information content (AvgIpc) is 3.22. The van der Waals surface area contributed by atoms with Crippen LogP contribution in [0.1, 0.15) is 40.0 Å². The predicted octanol–water partition coefficient (Wildman–Crippen LogP) is 1.93. The van der Waals surface area contributed by atoms with Crippen LogP contribution in [0, 0.1) is 13.8 Å². The number of hydrogen-bond donors (Lipinski definition) is 1. The van der Waals surface area contributed by atoms with Crippen LogP contribution in [-0.2, 0) is 13.6 Å². The number of ketones is 1. The van der Waals surface area contributed by atoms with Crippen molar-refractivity contribution in [2.75, 3.05) is 5.32 Å². The van der Waals surface area contributed by atoms with Gasteiger partial charge in [-0.3, -0.25) is 23.1 Å². The Morgan fingerprint density at radius 3 is 2.70 bits per heavy atom. The molecule has 0 radical (unpaired) electrons. The molecular weight excluding hydrogens is 366 g/mol. The molecule has 0 fully saturated rings. The summed E-state index contributed by atoms with van der Waals surface area (Å²) < 4.78 is 4.36. The van der Waals surface area contributed by atoms with E-state index in [9.17, 15) is 14.4 Å². The fourth-order valence-electron chi connectivity index (χ4n) is 3.35. The highest BCUT2D eigenvalue weighted by molar-refractivity contribution is 7.17. The molecule has 0 amide bonds. The lowest BCUT2D eigenvalue weighted by molar-refractivity contribution is 0.104. The molecule has 1 aliphatic heterocycles. The molecule has 4 heterocycles. The van der Waals surface area contributed by atoms with Crippen LogP contribution >= 0.6 is 11.3 Å². The van der Waals surface area contributed by atoms with Crippen LogP contribution in [0.15, 0.2) is 21.5 Å². The first-order valence-corrected chi connectivity index (χ1v) is 9.47. The molecule has 4 rings (SSSR count). The molecule has 8 nitrogen and oxygen atoms in total. The Labute approximate surface area is 158 Å². The van der Waals surface area contributed by atoms with Crippen molar-refractivity contribution < 1.29 is 4.79 Å². The topological polar surface area (TPSA) is 90.4 Å². The van der Waals surface area contributed by atoms with E-state index in [4.69, 9.17) is 0 Å². The quantitative estimate of drug-likeness (QED) is 0.696. The van der Waals surface area contributed by atoms with Gasteiger partial charge in [0, 0.05) is 24.7 Å². The predicted molar refractivity (Wildman–Crippen MR) is 105 cm³/mol. The molecule has 9 heteroatoms. The maximum absolute atomic E-state index is 12.9. The van der Waals surface area contributed by atoms with Crippen LogP contribution in [-0.4, -0.2) is 24.3 Å². The zero-order valence-corrected chi connectivity index (χ0v) is 16.3. The number of nitrogens with one attached hydrogen (secondary N) is 1. The summed E-state index contributed by atoms with van der Waals surface area (Å²) in [5, 5.41) is 3.01. The molecule has 3 aromatic heterocycles. The summed E-state index contributed by atoms with van der Waals surface area (Å²) >= 11 is 1.57. The van der Waals surface area contributed by atoms with Gasteiger partial charge < -0.3 is 5.32 Å². The van der Waals surface area contributed by atoms with E-state index in [2.05, 4.69) is 10.3 Å². The Morgan fingerprint density at radius 1 is 1.26 bits per heavy atom. The van der Waals surface area contributed by atoms with Gasteiger partial charge >= 0.3 is 5.69 Å². The molecule has 0 saturated carbocycles. The second kappa shape index (κ2) is 6.05. The van der Waals surface area contributed by atoms with Gasteiger partial charge in [-0.2, -0.15) is 0 Å². The van der Waals surface area contributed by atoms with Gasteiger partial charge in [-0.25, -0.2) is 9.78 Å². The largest absolute Gasteiger partial charge is 0.337 e. The number of imidazole rings is 1. The third kappa shape index (κ3) is 2.49. The number of hydrogen-bond acceptors (Lipinski definition) is 6. The first-order chi connectivity index (χ1) is 12.8. The summed E-state index contributed by atoms with van der Waals surface area (Å²) in [5.74, 6) is -0.127. The van der Waals surface area contributed by atoms with Crippen molar-refractivity contribution in [1.29, 1.82) is 0 Å².